The maximum Gasteiger partial charge on any atom is 0.330 e. The Bertz CT molecular complexity index is 739. The second-order valence-corrected chi connectivity index (χ2v) is 9.92. The fraction of sp³-hybridized carbons (Fsp3) is 0.731. The number of hydrogen-bond donors (Lipinski definition) is 0. The average molecular weight is 449 g/mol. The lowest BCUT2D eigenvalue weighted by molar-refractivity contribution is -0.152. The van der Waals surface area contributed by atoms with E-state index in [-0.39, 0.29) is 54.2 Å². The highest BCUT2D eigenvalue weighted by Crippen LogP contribution is 2.38. The summed E-state index contributed by atoms with van der Waals surface area (Å²) in [5, 5.41) is 0. The van der Waals surface area contributed by atoms with Gasteiger partial charge >= 0.3 is 11.9 Å². The van der Waals surface area contributed by atoms with Crippen molar-refractivity contribution in [2.24, 2.45) is 11.8 Å². The molecule has 0 aliphatic carbocycles. The molecule has 6 heteroatoms. The van der Waals surface area contributed by atoms with Gasteiger partial charge in [0.15, 0.2) is 0 Å². The molecular weight excluding hydrogens is 408 g/mol. The summed E-state index contributed by atoms with van der Waals surface area (Å²) in [6, 6.07) is 0. The second-order valence-electron chi connectivity index (χ2n) is 9.92. The Morgan fingerprint density at radius 2 is 1.91 bits per heavy atom. The number of ether oxygens (including phenoxy) is 3. The molecule has 0 unspecified atom stereocenters. The summed E-state index contributed by atoms with van der Waals surface area (Å²) in [5.41, 5.74) is 0.849. The van der Waals surface area contributed by atoms with E-state index in [1.54, 1.807) is 6.08 Å². The van der Waals surface area contributed by atoms with E-state index in [2.05, 4.69) is 19.9 Å². The Labute approximate surface area is 192 Å². The summed E-state index contributed by atoms with van der Waals surface area (Å²) in [4.78, 5) is 36.7. The van der Waals surface area contributed by atoms with Crippen molar-refractivity contribution in [3.8, 4) is 0 Å². The van der Waals surface area contributed by atoms with Gasteiger partial charge in [-0.25, -0.2) is 4.79 Å². The lowest BCUT2D eigenvalue weighted by Crippen LogP contribution is -2.28. The molecule has 0 bridgehead atoms. The molecule has 2 aliphatic heterocycles. The number of ketones is 1. The van der Waals surface area contributed by atoms with Crippen molar-refractivity contribution >= 4 is 17.7 Å². The molecule has 32 heavy (non-hydrogen) atoms. The Balaban J connectivity index is 2.26. The summed E-state index contributed by atoms with van der Waals surface area (Å²) in [5.74, 6) is -1.05. The molecule has 2 rings (SSSR count). The molecule has 0 spiro atoms. The minimum absolute atomic E-state index is 0.0109. The first-order chi connectivity index (χ1) is 15.0. The molecular formula is C26H40O6. The highest BCUT2D eigenvalue weighted by atomic mass is 16.6. The topological polar surface area (TPSA) is 78.9 Å². The fourth-order valence-electron chi connectivity index (χ4n) is 4.71. The Morgan fingerprint density at radius 1 is 1.19 bits per heavy atom. The zero-order valence-electron chi connectivity index (χ0n) is 20.5. The molecule has 0 aromatic rings. The van der Waals surface area contributed by atoms with Crippen LogP contribution in [-0.2, 0) is 28.6 Å². The van der Waals surface area contributed by atoms with E-state index in [0.717, 1.165) is 31.3 Å². The van der Waals surface area contributed by atoms with Crippen LogP contribution in [0, 0.1) is 11.8 Å². The first-order valence-corrected chi connectivity index (χ1v) is 11.9. The Morgan fingerprint density at radius 3 is 2.56 bits per heavy atom. The maximum absolute atomic E-state index is 12.5. The molecule has 6 nitrogen and oxygen atoms in total. The normalized spacial score (nSPS) is 37.6. The summed E-state index contributed by atoms with van der Waals surface area (Å²) >= 11 is 0. The number of Topliss-reactive ketones (excluding diaryl/α,β-unsaturated/α-hetero) is 1. The number of carbonyl (C=O) groups excluding carboxylic acids is 3. The monoisotopic (exact) mass is 448 g/mol. The minimum atomic E-state index is -0.493. The maximum atomic E-state index is 12.5. The Kier molecular flexibility index (Phi) is 9.68. The molecule has 0 saturated carbocycles. The lowest BCUT2D eigenvalue weighted by atomic mass is 9.93. The number of esters is 2. The van der Waals surface area contributed by atoms with Gasteiger partial charge in [0.1, 0.15) is 18.0 Å². The molecule has 0 N–H and O–H groups in total. The van der Waals surface area contributed by atoms with Gasteiger partial charge in [-0.2, -0.15) is 0 Å². The third kappa shape index (κ3) is 8.19. The van der Waals surface area contributed by atoms with Crippen LogP contribution in [0.1, 0.15) is 86.5 Å². The lowest BCUT2D eigenvalue weighted by Gasteiger charge is -2.24. The molecule has 0 radical (unpaired) electrons. The highest BCUT2D eigenvalue weighted by molar-refractivity contribution is 5.82. The van der Waals surface area contributed by atoms with E-state index in [9.17, 15) is 14.4 Å². The smallest absolute Gasteiger partial charge is 0.330 e. The van der Waals surface area contributed by atoms with E-state index < -0.39 is 12.1 Å². The molecule has 0 aromatic carbocycles. The second kappa shape index (κ2) is 11.8. The van der Waals surface area contributed by atoms with E-state index in [0.29, 0.717) is 6.42 Å². The zero-order chi connectivity index (χ0) is 23.9. The summed E-state index contributed by atoms with van der Waals surface area (Å²) in [7, 11) is 0. The van der Waals surface area contributed by atoms with Crippen LogP contribution in [0.2, 0.25) is 0 Å². The van der Waals surface area contributed by atoms with Gasteiger partial charge in [-0.05, 0) is 46.0 Å². The molecule has 2 aliphatic rings. The predicted octanol–water partition coefficient (Wildman–Crippen LogP) is 5.10. The third-order valence-corrected chi connectivity index (χ3v) is 6.31. The molecule has 180 valence electrons. The van der Waals surface area contributed by atoms with Gasteiger partial charge in [-0.1, -0.05) is 44.9 Å². The van der Waals surface area contributed by atoms with Crippen LogP contribution in [0.5, 0.6) is 0 Å². The van der Waals surface area contributed by atoms with Crippen LogP contribution in [-0.4, -0.2) is 41.6 Å². The van der Waals surface area contributed by atoms with Crippen molar-refractivity contribution in [1.29, 1.82) is 0 Å². The standard InChI is InChI=1S/C26H40O6/c1-7-12-26(6)16-23-21(32-26)10-8-17(2)13-19(4)22(15-20(5)27)30-25(29)14-18(3)9-11-24(28)31-23/h9,11,13,18-19,21-23H,7-8,10,12,14-16H2,1-6H3/b11-9+,17-13+/t18-,19-,21+,22-,23-,26-/m1/s1. The summed E-state index contributed by atoms with van der Waals surface area (Å²) in [6.45, 7) is 11.6. The van der Waals surface area contributed by atoms with Crippen LogP contribution in [0.15, 0.2) is 23.8 Å². The summed E-state index contributed by atoms with van der Waals surface area (Å²) in [6.07, 6.45) is 8.68. The van der Waals surface area contributed by atoms with Crippen LogP contribution in [0.25, 0.3) is 0 Å². The van der Waals surface area contributed by atoms with Gasteiger partial charge in [-0.3, -0.25) is 9.59 Å². The average Bonchev–Trinajstić information content (AvgIpc) is 2.98. The largest absolute Gasteiger partial charge is 0.461 e. The predicted molar refractivity (Wildman–Crippen MR) is 123 cm³/mol. The number of fused-ring (bicyclic) bond motifs is 1. The van der Waals surface area contributed by atoms with Gasteiger partial charge in [0.25, 0.3) is 0 Å². The van der Waals surface area contributed by atoms with Crippen molar-refractivity contribution in [2.45, 2.75) is 110 Å². The molecule has 0 amide bonds. The highest BCUT2D eigenvalue weighted by Gasteiger charge is 2.44. The fourth-order valence-corrected chi connectivity index (χ4v) is 4.71. The molecule has 1 fully saturated rings. The van der Waals surface area contributed by atoms with Crippen molar-refractivity contribution in [1.82, 2.24) is 0 Å². The van der Waals surface area contributed by atoms with E-state index in [4.69, 9.17) is 14.2 Å². The van der Waals surface area contributed by atoms with Gasteiger partial charge in [0, 0.05) is 24.8 Å². The van der Waals surface area contributed by atoms with Gasteiger partial charge in [0.05, 0.1) is 18.1 Å². The molecule has 0 aromatic heterocycles. The Hall–Kier alpha value is -1.95. The third-order valence-electron chi connectivity index (χ3n) is 6.31. The summed E-state index contributed by atoms with van der Waals surface area (Å²) < 4.78 is 17.8. The van der Waals surface area contributed by atoms with Crippen LogP contribution in [0.4, 0.5) is 0 Å². The van der Waals surface area contributed by atoms with Crippen molar-refractivity contribution < 1.29 is 28.6 Å². The minimum Gasteiger partial charge on any atom is -0.461 e. The first-order valence-electron chi connectivity index (χ1n) is 11.9. The van der Waals surface area contributed by atoms with Crippen LogP contribution >= 0.6 is 0 Å². The van der Waals surface area contributed by atoms with Crippen molar-refractivity contribution in [3.63, 3.8) is 0 Å². The van der Waals surface area contributed by atoms with Gasteiger partial charge in [0.2, 0.25) is 0 Å². The van der Waals surface area contributed by atoms with E-state index in [1.165, 1.54) is 13.0 Å². The van der Waals surface area contributed by atoms with E-state index in [1.807, 2.05) is 20.8 Å². The number of cyclic esters (lactones) is 1. The molecule has 2 heterocycles. The van der Waals surface area contributed by atoms with E-state index >= 15 is 0 Å². The first kappa shape index (κ1) is 26.3. The molecule has 1 saturated heterocycles. The van der Waals surface area contributed by atoms with Crippen molar-refractivity contribution in [3.05, 3.63) is 23.8 Å². The van der Waals surface area contributed by atoms with Crippen LogP contribution in [0.3, 0.4) is 0 Å². The van der Waals surface area contributed by atoms with Crippen LogP contribution < -0.4 is 0 Å². The SMILES string of the molecule is CCC[C@]1(C)C[C@H]2OC(=O)/C=C/[C@@H](C)CC(=O)O[C@H](CC(C)=O)[C@H](C)/C=C(\C)CC[C@@H]2O1. The quantitative estimate of drug-likeness (QED) is 0.440. The number of rotatable bonds is 4. The number of allylic oxidation sites excluding steroid dienone is 2. The van der Waals surface area contributed by atoms with Gasteiger partial charge < -0.3 is 14.2 Å². The van der Waals surface area contributed by atoms with Gasteiger partial charge in [-0.15, -0.1) is 0 Å². The number of hydrogen-bond acceptors (Lipinski definition) is 6. The number of carbonyl (C=O) groups is 3. The zero-order valence-corrected chi connectivity index (χ0v) is 20.5. The van der Waals surface area contributed by atoms with Crippen molar-refractivity contribution in [2.75, 3.05) is 0 Å². The molecule has 6 atom stereocenters.